The van der Waals surface area contributed by atoms with Crippen molar-refractivity contribution in [2.24, 2.45) is 17.6 Å². The SMILES string of the molecule is CC1CCCC(NC(=O)c2ccccc2OCC(N)=O)C1C. The zero-order valence-corrected chi connectivity index (χ0v) is 13.2. The van der Waals surface area contributed by atoms with E-state index in [2.05, 4.69) is 19.2 Å². The van der Waals surface area contributed by atoms with Crippen molar-refractivity contribution >= 4 is 11.8 Å². The van der Waals surface area contributed by atoms with Gasteiger partial charge >= 0.3 is 0 Å². The Labute approximate surface area is 131 Å². The van der Waals surface area contributed by atoms with Gasteiger partial charge in [-0.15, -0.1) is 0 Å². The van der Waals surface area contributed by atoms with E-state index in [0.29, 0.717) is 23.1 Å². The van der Waals surface area contributed by atoms with Crippen molar-refractivity contribution in [3.8, 4) is 5.75 Å². The second-order valence-corrected chi connectivity index (χ2v) is 6.10. The number of nitrogens with one attached hydrogen (secondary N) is 1. The van der Waals surface area contributed by atoms with Crippen LogP contribution in [0.3, 0.4) is 0 Å². The summed E-state index contributed by atoms with van der Waals surface area (Å²) < 4.78 is 5.32. The molecule has 0 aliphatic heterocycles. The van der Waals surface area contributed by atoms with E-state index in [0.717, 1.165) is 12.8 Å². The lowest BCUT2D eigenvalue weighted by Gasteiger charge is -2.34. The molecule has 1 aliphatic rings. The lowest BCUT2D eigenvalue weighted by atomic mass is 9.78. The summed E-state index contributed by atoms with van der Waals surface area (Å²) in [5.41, 5.74) is 5.52. The summed E-state index contributed by atoms with van der Waals surface area (Å²) in [5, 5.41) is 3.11. The molecular formula is C17H24N2O3. The van der Waals surface area contributed by atoms with Crippen molar-refractivity contribution < 1.29 is 14.3 Å². The number of para-hydroxylation sites is 1. The third kappa shape index (κ3) is 4.00. The molecule has 1 aromatic rings. The van der Waals surface area contributed by atoms with Gasteiger partial charge in [0.2, 0.25) is 0 Å². The number of amides is 2. The summed E-state index contributed by atoms with van der Waals surface area (Å²) in [6.45, 7) is 4.18. The van der Waals surface area contributed by atoms with E-state index >= 15 is 0 Å². The summed E-state index contributed by atoms with van der Waals surface area (Å²) in [4.78, 5) is 23.4. The van der Waals surface area contributed by atoms with E-state index in [1.54, 1.807) is 24.3 Å². The highest BCUT2D eigenvalue weighted by Gasteiger charge is 2.28. The Hall–Kier alpha value is -2.04. The number of carbonyl (C=O) groups is 2. The van der Waals surface area contributed by atoms with Crippen LogP contribution in [0.5, 0.6) is 5.75 Å². The molecule has 1 fully saturated rings. The smallest absolute Gasteiger partial charge is 0.255 e. The first-order chi connectivity index (χ1) is 10.5. The molecule has 1 aliphatic carbocycles. The Morgan fingerprint density at radius 1 is 1.27 bits per heavy atom. The molecule has 1 aromatic carbocycles. The van der Waals surface area contributed by atoms with Crippen LogP contribution in [0.4, 0.5) is 0 Å². The molecular weight excluding hydrogens is 280 g/mol. The third-order valence-electron chi connectivity index (χ3n) is 4.52. The minimum absolute atomic E-state index is 0.161. The summed E-state index contributed by atoms with van der Waals surface area (Å²) in [7, 11) is 0. The van der Waals surface area contributed by atoms with Crippen LogP contribution in [0, 0.1) is 11.8 Å². The molecule has 22 heavy (non-hydrogen) atoms. The highest BCUT2D eigenvalue weighted by atomic mass is 16.5. The predicted molar refractivity (Wildman–Crippen MR) is 84.6 cm³/mol. The first-order valence-electron chi connectivity index (χ1n) is 7.80. The van der Waals surface area contributed by atoms with Gasteiger partial charge in [0.15, 0.2) is 6.61 Å². The third-order valence-corrected chi connectivity index (χ3v) is 4.52. The fourth-order valence-electron chi connectivity index (χ4n) is 2.96. The number of benzene rings is 1. The van der Waals surface area contributed by atoms with Gasteiger partial charge in [-0.25, -0.2) is 0 Å². The minimum atomic E-state index is -0.565. The van der Waals surface area contributed by atoms with Crippen molar-refractivity contribution in [1.82, 2.24) is 5.32 Å². The molecule has 0 saturated heterocycles. The number of hydrogen-bond donors (Lipinski definition) is 2. The number of rotatable bonds is 5. The molecule has 2 amide bonds. The minimum Gasteiger partial charge on any atom is -0.483 e. The molecule has 0 bridgehead atoms. The van der Waals surface area contributed by atoms with Gasteiger partial charge in [-0.2, -0.15) is 0 Å². The van der Waals surface area contributed by atoms with Crippen LogP contribution in [-0.4, -0.2) is 24.5 Å². The summed E-state index contributed by atoms with van der Waals surface area (Å²) in [6.07, 6.45) is 3.35. The highest BCUT2D eigenvalue weighted by Crippen LogP contribution is 2.30. The molecule has 3 unspecified atom stereocenters. The van der Waals surface area contributed by atoms with Gasteiger partial charge in [0.1, 0.15) is 5.75 Å². The fraction of sp³-hybridized carbons (Fsp3) is 0.529. The van der Waals surface area contributed by atoms with Gasteiger partial charge in [0.25, 0.3) is 11.8 Å². The molecule has 0 aromatic heterocycles. The molecule has 1 saturated carbocycles. The molecule has 0 heterocycles. The summed E-state index contributed by atoms with van der Waals surface area (Å²) >= 11 is 0. The number of nitrogens with two attached hydrogens (primary N) is 1. The largest absolute Gasteiger partial charge is 0.483 e. The van der Waals surface area contributed by atoms with E-state index in [4.69, 9.17) is 10.5 Å². The Morgan fingerprint density at radius 2 is 2.00 bits per heavy atom. The van der Waals surface area contributed by atoms with Crippen molar-refractivity contribution in [3.05, 3.63) is 29.8 Å². The quantitative estimate of drug-likeness (QED) is 0.874. The van der Waals surface area contributed by atoms with Gasteiger partial charge in [0.05, 0.1) is 5.56 Å². The van der Waals surface area contributed by atoms with Crippen LogP contribution >= 0.6 is 0 Å². The first-order valence-corrected chi connectivity index (χ1v) is 7.80. The summed E-state index contributed by atoms with van der Waals surface area (Å²) in [6, 6.07) is 7.09. The Kier molecular flexibility index (Phi) is 5.41. The lowest BCUT2D eigenvalue weighted by Crippen LogP contribution is -2.43. The van der Waals surface area contributed by atoms with E-state index in [-0.39, 0.29) is 18.6 Å². The fourth-order valence-corrected chi connectivity index (χ4v) is 2.96. The van der Waals surface area contributed by atoms with Crippen LogP contribution in [0.2, 0.25) is 0 Å². The van der Waals surface area contributed by atoms with Gasteiger partial charge in [-0.3, -0.25) is 9.59 Å². The zero-order valence-electron chi connectivity index (χ0n) is 13.2. The second kappa shape index (κ2) is 7.29. The van der Waals surface area contributed by atoms with Gasteiger partial charge < -0.3 is 15.8 Å². The molecule has 0 spiro atoms. The van der Waals surface area contributed by atoms with Crippen LogP contribution < -0.4 is 15.8 Å². The van der Waals surface area contributed by atoms with E-state index in [1.807, 2.05) is 0 Å². The average molecular weight is 304 g/mol. The molecule has 2 rings (SSSR count). The topological polar surface area (TPSA) is 81.4 Å². The van der Waals surface area contributed by atoms with Crippen molar-refractivity contribution in [3.63, 3.8) is 0 Å². The van der Waals surface area contributed by atoms with Crippen LogP contribution in [0.15, 0.2) is 24.3 Å². The Bertz CT molecular complexity index is 544. The Morgan fingerprint density at radius 3 is 2.73 bits per heavy atom. The highest BCUT2D eigenvalue weighted by molar-refractivity contribution is 5.97. The number of ether oxygens (including phenoxy) is 1. The average Bonchev–Trinajstić information content (AvgIpc) is 2.50. The number of primary amides is 1. The molecule has 3 atom stereocenters. The first kappa shape index (κ1) is 16.3. The maximum Gasteiger partial charge on any atom is 0.255 e. The molecule has 0 radical (unpaired) electrons. The van der Waals surface area contributed by atoms with E-state index in [1.165, 1.54) is 6.42 Å². The van der Waals surface area contributed by atoms with Crippen LogP contribution in [0.1, 0.15) is 43.5 Å². The standard InChI is InChI=1S/C17H24N2O3/c1-11-6-5-8-14(12(11)2)19-17(21)13-7-3-4-9-15(13)22-10-16(18)20/h3-4,7,9,11-12,14H,5-6,8,10H2,1-2H3,(H2,18,20)(H,19,21). The molecule has 3 N–H and O–H groups in total. The number of hydrogen-bond acceptors (Lipinski definition) is 3. The van der Waals surface area contributed by atoms with Gasteiger partial charge in [-0.1, -0.05) is 38.8 Å². The zero-order chi connectivity index (χ0) is 16.1. The lowest BCUT2D eigenvalue weighted by molar-refractivity contribution is -0.119. The maximum atomic E-state index is 12.5. The maximum absolute atomic E-state index is 12.5. The van der Waals surface area contributed by atoms with E-state index in [9.17, 15) is 9.59 Å². The molecule has 120 valence electrons. The molecule has 5 heteroatoms. The summed E-state index contributed by atoms with van der Waals surface area (Å²) in [5.74, 6) is 0.725. The number of carbonyl (C=O) groups excluding carboxylic acids is 2. The normalized spacial score (nSPS) is 24.5. The predicted octanol–water partition coefficient (Wildman–Crippen LogP) is 2.11. The van der Waals surface area contributed by atoms with Crippen molar-refractivity contribution in [2.45, 2.75) is 39.2 Å². The van der Waals surface area contributed by atoms with E-state index < -0.39 is 5.91 Å². The van der Waals surface area contributed by atoms with Crippen molar-refractivity contribution in [1.29, 1.82) is 0 Å². The van der Waals surface area contributed by atoms with Crippen LogP contribution in [-0.2, 0) is 4.79 Å². The van der Waals surface area contributed by atoms with Crippen molar-refractivity contribution in [2.75, 3.05) is 6.61 Å². The monoisotopic (exact) mass is 304 g/mol. The Balaban J connectivity index is 2.07. The van der Waals surface area contributed by atoms with Gasteiger partial charge in [-0.05, 0) is 30.4 Å². The van der Waals surface area contributed by atoms with Gasteiger partial charge in [0, 0.05) is 6.04 Å². The second-order valence-electron chi connectivity index (χ2n) is 6.10. The van der Waals surface area contributed by atoms with Crippen LogP contribution in [0.25, 0.3) is 0 Å². The molecule has 5 nitrogen and oxygen atoms in total.